The van der Waals surface area contributed by atoms with Gasteiger partial charge in [-0.15, -0.1) is 0 Å². The second-order valence-corrected chi connectivity index (χ2v) is 7.94. The molecule has 156 valence electrons. The fourth-order valence-electron chi connectivity index (χ4n) is 4.74. The van der Waals surface area contributed by atoms with E-state index >= 15 is 0 Å². The minimum Gasteiger partial charge on any atom is -0.467 e. The highest BCUT2D eigenvalue weighted by atomic mass is 16.6. The van der Waals surface area contributed by atoms with E-state index in [0.717, 1.165) is 22.3 Å². The molecule has 0 unspecified atom stereocenters. The van der Waals surface area contributed by atoms with Crippen molar-refractivity contribution in [3.8, 4) is 11.1 Å². The Kier molecular flexibility index (Phi) is 4.94. The number of carbonyl (C=O) groups is 2. The summed E-state index contributed by atoms with van der Waals surface area (Å²) in [6.07, 6.45) is -0.0701. The van der Waals surface area contributed by atoms with Crippen molar-refractivity contribution in [2.75, 3.05) is 13.7 Å². The van der Waals surface area contributed by atoms with Crippen LogP contribution in [0.25, 0.3) is 11.1 Å². The Morgan fingerprint density at radius 1 is 0.871 bits per heavy atom. The molecular formula is C26H23NO4. The summed E-state index contributed by atoms with van der Waals surface area (Å²) in [7, 11) is 1.35. The van der Waals surface area contributed by atoms with Crippen LogP contribution in [0.3, 0.4) is 0 Å². The fourth-order valence-corrected chi connectivity index (χ4v) is 4.74. The third-order valence-corrected chi connectivity index (χ3v) is 6.29. The number of hydrogen-bond donors (Lipinski definition) is 0. The van der Waals surface area contributed by atoms with Crippen LogP contribution in [-0.4, -0.2) is 36.7 Å². The molecule has 0 spiro atoms. The Morgan fingerprint density at radius 3 is 2.10 bits per heavy atom. The molecule has 0 N–H and O–H groups in total. The summed E-state index contributed by atoms with van der Waals surface area (Å²) in [5.41, 5.74) is 6.75. The molecule has 3 aromatic rings. The quantitative estimate of drug-likeness (QED) is 0.592. The molecule has 1 aliphatic heterocycles. The van der Waals surface area contributed by atoms with Crippen molar-refractivity contribution < 1.29 is 19.1 Å². The lowest BCUT2D eigenvalue weighted by Gasteiger charge is -2.34. The van der Waals surface area contributed by atoms with Gasteiger partial charge in [-0.05, 0) is 33.4 Å². The largest absolute Gasteiger partial charge is 0.467 e. The SMILES string of the molecule is COC(=O)[C@@H]1Cc2ccccc2CN1C(=O)OCC1c2ccccc2-c2ccccc21. The standard InChI is InChI=1S/C26H23NO4/c1-30-25(28)24-14-17-8-2-3-9-18(17)15-27(24)26(29)31-16-23-21-12-6-4-10-19(21)20-11-5-7-13-22(20)23/h2-13,23-24H,14-16H2,1H3/t24-/m0/s1. The molecule has 5 nitrogen and oxygen atoms in total. The van der Waals surface area contributed by atoms with Gasteiger partial charge >= 0.3 is 12.1 Å². The molecule has 5 rings (SSSR count). The lowest BCUT2D eigenvalue weighted by molar-refractivity contribution is -0.147. The fraction of sp³-hybridized carbons (Fsp3) is 0.231. The first-order valence-corrected chi connectivity index (χ1v) is 10.4. The van der Waals surface area contributed by atoms with Crippen molar-refractivity contribution in [3.63, 3.8) is 0 Å². The second kappa shape index (κ2) is 7.91. The van der Waals surface area contributed by atoms with Gasteiger partial charge in [-0.2, -0.15) is 0 Å². The number of fused-ring (bicyclic) bond motifs is 4. The van der Waals surface area contributed by atoms with Crippen LogP contribution < -0.4 is 0 Å². The molecule has 0 bridgehead atoms. The van der Waals surface area contributed by atoms with Crippen LogP contribution in [0.4, 0.5) is 4.79 Å². The van der Waals surface area contributed by atoms with E-state index in [1.807, 2.05) is 48.5 Å². The molecule has 1 atom stereocenters. The number of amides is 1. The van der Waals surface area contributed by atoms with Gasteiger partial charge in [0.1, 0.15) is 12.6 Å². The molecule has 1 aliphatic carbocycles. The maximum absolute atomic E-state index is 13.1. The van der Waals surface area contributed by atoms with E-state index in [-0.39, 0.29) is 12.5 Å². The normalized spacial score (nSPS) is 16.8. The van der Waals surface area contributed by atoms with Gasteiger partial charge in [-0.3, -0.25) is 4.90 Å². The number of rotatable bonds is 3. The van der Waals surface area contributed by atoms with Crippen LogP contribution >= 0.6 is 0 Å². The van der Waals surface area contributed by atoms with Gasteiger partial charge in [-0.25, -0.2) is 9.59 Å². The first kappa shape index (κ1) is 19.4. The Balaban J connectivity index is 1.38. The maximum atomic E-state index is 13.1. The summed E-state index contributed by atoms with van der Waals surface area (Å²) >= 11 is 0. The maximum Gasteiger partial charge on any atom is 0.410 e. The molecule has 0 aromatic heterocycles. The Labute approximate surface area is 181 Å². The molecule has 1 heterocycles. The number of hydrogen-bond acceptors (Lipinski definition) is 4. The molecule has 5 heteroatoms. The van der Waals surface area contributed by atoms with E-state index in [0.29, 0.717) is 13.0 Å². The van der Waals surface area contributed by atoms with Gasteiger partial charge in [0.2, 0.25) is 0 Å². The van der Waals surface area contributed by atoms with Crippen LogP contribution in [0.2, 0.25) is 0 Å². The highest BCUT2D eigenvalue weighted by Crippen LogP contribution is 2.44. The van der Waals surface area contributed by atoms with Gasteiger partial charge < -0.3 is 9.47 Å². The molecule has 0 fully saturated rings. The molecule has 31 heavy (non-hydrogen) atoms. The second-order valence-electron chi connectivity index (χ2n) is 7.94. The zero-order valence-corrected chi connectivity index (χ0v) is 17.3. The van der Waals surface area contributed by atoms with Gasteiger partial charge in [0, 0.05) is 12.3 Å². The third-order valence-electron chi connectivity index (χ3n) is 6.29. The Morgan fingerprint density at radius 2 is 1.45 bits per heavy atom. The highest BCUT2D eigenvalue weighted by molar-refractivity contribution is 5.83. The van der Waals surface area contributed by atoms with Crippen LogP contribution in [0.1, 0.15) is 28.2 Å². The predicted molar refractivity (Wildman–Crippen MR) is 117 cm³/mol. The molecule has 1 amide bonds. The molecular weight excluding hydrogens is 390 g/mol. The smallest absolute Gasteiger partial charge is 0.410 e. The Hall–Kier alpha value is -3.60. The van der Waals surface area contributed by atoms with Gasteiger partial charge in [0.25, 0.3) is 0 Å². The number of ether oxygens (including phenoxy) is 2. The van der Waals surface area contributed by atoms with Crippen molar-refractivity contribution in [1.29, 1.82) is 0 Å². The van der Waals surface area contributed by atoms with Gasteiger partial charge in [-0.1, -0.05) is 72.8 Å². The first-order chi connectivity index (χ1) is 15.2. The summed E-state index contributed by atoms with van der Waals surface area (Å²) < 4.78 is 10.8. The highest BCUT2D eigenvalue weighted by Gasteiger charge is 2.37. The van der Waals surface area contributed by atoms with Crippen molar-refractivity contribution in [2.45, 2.75) is 24.9 Å². The van der Waals surface area contributed by atoms with Crippen LogP contribution in [0.5, 0.6) is 0 Å². The minimum atomic E-state index is -0.685. The Bertz CT molecular complexity index is 1110. The van der Waals surface area contributed by atoms with E-state index in [1.54, 1.807) is 0 Å². The lowest BCUT2D eigenvalue weighted by Crippen LogP contribution is -2.49. The number of carbonyl (C=O) groups excluding carboxylic acids is 2. The third kappa shape index (κ3) is 3.36. The molecule has 2 aliphatic rings. The summed E-state index contributed by atoms with van der Waals surface area (Å²) in [6.45, 7) is 0.547. The van der Waals surface area contributed by atoms with E-state index in [4.69, 9.17) is 9.47 Å². The zero-order valence-electron chi connectivity index (χ0n) is 17.3. The molecule has 0 saturated carbocycles. The summed E-state index contributed by atoms with van der Waals surface area (Å²) in [6, 6.07) is 23.6. The minimum absolute atomic E-state index is 0.0231. The van der Waals surface area contributed by atoms with Crippen LogP contribution in [-0.2, 0) is 27.2 Å². The average molecular weight is 413 g/mol. The molecule has 3 aromatic carbocycles. The van der Waals surface area contributed by atoms with Crippen molar-refractivity contribution in [2.24, 2.45) is 0 Å². The summed E-state index contributed by atoms with van der Waals surface area (Å²) in [4.78, 5) is 27.0. The number of benzene rings is 3. The average Bonchev–Trinajstić information content (AvgIpc) is 3.15. The van der Waals surface area contributed by atoms with Crippen LogP contribution in [0, 0.1) is 0 Å². The zero-order chi connectivity index (χ0) is 21.4. The summed E-state index contributed by atoms with van der Waals surface area (Å²) in [5, 5.41) is 0. The number of methoxy groups -OCH3 is 1. The monoisotopic (exact) mass is 413 g/mol. The predicted octanol–water partition coefficient (Wildman–Crippen LogP) is 4.54. The van der Waals surface area contributed by atoms with E-state index in [2.05, 4.69) is 24.3 Å². The van der Waals surface area contributed by atoms with Crippen molar-refractivity contribution >= 4 is 12.1 Å². The number of esters is 1. The van der Waals surface area contributed by atoms with Gasteiger partial charge in [0.15, 0.2) is 0 Å². The first-order valence-electron chi connectivity index (χ1n) is 10.4. The van der Waals surface area contributed by atoms with E-state index in [9.17, 15) is 9.59 Å². The topological polar surface area (TPSA) is 55.8 Å². The molecule has 0 radical (unpaired) electrons. The molecule has 0 saturated heterocycles. The lowest BCUT2D eigenvalue weighted by atomic mass is 9.94. The summed E-state index contributed by atoms with van der Waals surface area (Å²) in [5.74, 6) is -0.451. The van der Waals surface area contributed by atoms with Crippen molar-refractivity contribution in [3.05, 3.63) is 95.1 Å². The number of nitrogens with zero attached hydrogens (tertiary/aromatic N) is 1. The van der Waals surface area contributed by atoms with Crippen molar-refractivity contribution in [1.82, 2.24) is 4.90 Å². The van der Waals surface area contributed by atoms with E-state index < -0.39 is 18.1 Å². The van der Waals surface area contributed by atoms with Crippen LogP contribution in [0.15, 0.2) is 72.8 Å². The van der Waals surface area contributed by atoms with E-state index in [1.165, 1.54) is 23.1 Å². The van der Waals surface area contributed by atoms with Gasteiger partial charge in [0.05, 0.1) is 13.7 Å².